The highest BCUT2D eigenvalue weighted by Crippen LogP contribution is 2.29. The quantitative estimate of drug-likeness (QED) is 0.636. The molecule has 0 radical (unpaired) electrons. The lowest BCUT2D eigenvalue weighted by Crippen LogP contribution is -2.14. The van der Waals surface area contributed by atoms with Crippen LogP contribution in [0.1, 0.15) is 10.4 Å². The molecule has 1 heterocycles. The smallest absolute Gasteiger partial charge is 0.257 e. The first kappa shape index (κ1) is 20.6. The van der Waals surface area contributed by atoms with Crippen molar-refractivity contribution in [1.29, 1.82) is 0 Å². The number of ether oxygens (including phenoxy) is 2. The summed E-state index contributed by atoms with van der Waals surface area (Å²) in [6.45, 7) is 0. The van der Waals surface area contributed by atoms with Gasteiger partial charge in [-0.15, -0.1) is 0 Å². The predicted octanol–water partition coefficient (Wildman–Crippen LogP) is 3.84. The summed E-state index contributed by atoms with van der Waals surface area (Å²) < 4.78 is 35.6. The minimum absolute atomic E-state index is 0.0644. The van der Waals surface area contributed by atoms with Crippen LogP contribution in [0.4, 0.5) is 5.69 Å². The van der Waals surface area contributed by atoms with E-state index in [1.807, 2.05) is 0 Å². The number of carbonyl (C=O) groups excluding carboxylic acids is 1. The molecule has 3 rings (SSSR count). The average Bonchev–Trinajstić information content (AvgIpc) is 2.74. The highest BCUT2D eigenvalue weighted by atomic mass is 35.5. The van der Waals surface area contributed by atoms with Crippen LogP contribution < -0.4 is 14.8 Å². The van der Waals surface area contributed by atoms with E-state index in [4.69, 9.17) is 21.1 Å². The fraction of sp³-hybridized carbons (Fsp3) is 0.100. The second kappa shape index (κ2) is 8.50. The van der Waals surface area contributed by atoms with E-state index in [2.05, 4.69) is 10.3 Å². The summed E-state index contributed by atoms with van der Waals surface area (Å²) in [6.07, 6.45) is 1.20. The summed E-state index contributed by atoms with van der Waals surface area (Å²) in [4.78, 5) is 16.5. The largest absolute Gasteiger partial charge is 0.497 e. The third kappa shape index (κ3) is 4.49. The highest BCUT2D eigenvalue weighted by molar-refractivity contribution is 7.91. The number of methoxy groups -OCH3 is 2. The van der Waals surface area contributed by atoms with Gasteiger partial charge in [-0.2, -0.15) is 0 Å². The van der Waals surface area contributed by atoms with Gasteiger partial charge in [-0.1, -0.05) is 11.6 Å². The van der Waals surface area contributed by atoms with Gasteiger partial charge in [-0.3, -0.25) is 4.79 Å². The van der Waals surface area contributed by atoms with Crippen molar-refractivity contribution >= 4 is 33.0 Å². The van der Waals surface area contributed by atoms with Crippen LogP contribution in [0.3, 0.4) is 0 Å². The molecule has 0 aliphatic rings. The normalized spacial score (nSPS) is 11.0. The standard InChI is InChI=1S/C20H17ClN2O5S/c1-27-15-6-9-17(18(11-15)28-2)23-20(24)13-3-10-19(22-12-13)29(25,26)16-7-4-14(21)5-8-16/h3-12H,1-2H3,(H,23,24). The van der Waals surface area contributed by atoms with Crippen molar-refractivity contribution in [3.63, 3.8) is 0 Å². The number of pyridine rings is 1. The molecule has 2 aromatic carbocycles. The number of hydrogen-bond donors (Lipinski definition) is 1. The van der Waals surface area contributed by atoms with Crippen molar-refractivity contribution in [3.05, 3.63) is 71.4 Å². The zero-order chi connectivity index (χ0) is 21.0. The number of aromatic nitrogens is 1. The van der Waals surface area contributed by atoms with E-state index < -0.39 is 15.7 Å². The first-order valence-corrected chi connectivity index (χ1v) is 10.2. The van der Waals surface area contributed by atoms with Crippen molar-refractivity contribution < 1.29 is 22.7 Å². The molecule has 0 aliphatic heterocycles. The molecular weight excluding hydrogens is 416 g/mol. The zero-order valence-corrected chi connectivity index (χ0v) is 17.1. The maximum Gasteiger partial charge on any atom is 0.257 e. The Hall–Kier alpha value is -3.10. The number of amides is 1. The second-order valence-electron chi connectivity index (χ2n) is 5.86. The van der Waals surface area contributed by atoms with Crippen LogP contribution in [0, 0.1) is 0 Å². The Morgan fingerprint density at radius 1 is 1.00 bits per heavy atom. The molecule has 150 valence electrons. The summed E-state index contributed by atoms with van der Waals surface area (Å²) in [5.74, 6) is 0.544. The number of hydrogen-bond acceptors (Lipinski definition) is 6. The number of rotatable bonds is 6. The first-order valence-electron chi connectivity index (χ1n) is 8.35. The molecule has 0 spiro atoms. The van der Waals surface area contributed by atoms with Gasteiger partial charge in [0.15, 0.2) is 5.03 Å². The maximum absolute atomic E-state index is 12.6. The lowest BCUT2D eigenvalue weighted by molar-refractivity contribution is 0.102. The summed E-state index contributed by atoms with van der Waals surface area (Å²) >= 11 is 5.80. The van der Waals surface area contributed by atoms with Gasteiger partial charge in [0.25, 0.3) is 5.91 Å². The number of halogens is 1. The Morgan fingerprint density at radius 3 is 2.31 bits per heavy atom. The summed E-state index contributed by atoms with van der Waals surface area (Å²) in [7, 11) is -0.810. The van der Waals surface area contributed by atoms with Crippen molar-refractivity contribution in [2.45, 2.75) is 9.92 Å². The SMILES string of the molecule is COc1ccc(NC(=O)c2ccc(S(=O)(=O)c3ccc(Cl)cc3)nc2)c(OC)c1. The van der Waals surface area contributed by atoms with Crippen LogP contribution in [0.2, 0.25) is 5.02 Å². The molecule has 0 saturated carbocycles. The summed E-state index contributed by atoms with van der Waals surface area (Å²) in [5, 5.41) is 2.96. The highest BCUT2D eigenvalue weighted by Gasteiger charge is 2.20. The number of sulfone groups is 1. The minimum Gasteiger partial charge on any atom is -0.497 e. The number of nitrogens with one attached hydrogen (secondary N) is 1. The van der Waals surface area contributed by atoms with Gasteiger partial charge in [0.2, 0.25) is 9.84 Å². The molecule has 7 nitrogen and oxygen atoms in total. The molecule has 3 aromatic rings. The topological polar surface area (TPSA) is 94.6 Å². The van der Waals surface area contributed by atoms with Crippen molar-refractivity contribution in [2.75, 3.05) is 19.5 Å². The molecule has 9 heteroatoms. The molecule has 0 aliphatic carbocycles. The zero-order valence-electron chi connectivity index (χ0n) is 15.5. The number of nitrogens with zero attached hydrogens (tertiary/aromatic N) is 1. The fourth-order valence-electron chi connectivity index (χ4n) is 2.50. The van der Waals surface area contributed by atoms with Gasteiger partial charge in [-0.25, -0.2) is 13.4 Å². The van der Waals surface area contributed by atoms with Crippen LogP contribution in [-0.4, -0.2) is 33.5 Å². The Balaban J connectivity index is 1.81. The van der Waals surface area contributed by atoms with Crippen LogP contribution in [0.15, 0.2) is 70.7 Å². The van der Waals surface area contributed by atoms with Gasteiger partial charge >= 0.3 is 0 Å². The summed E-state index contributed by atoms with van der Waals surface area (Å²) in [6, 6.07) is 13.4. The van der Waals surface area contributed by atoms with Crippen LogP contribution in [0.25, 0.3) is 0 Å². The van der Waals surface area contributed by atoms with E-state index in [0.29, 0.717) is 22.2 Å². The minimum atomic E-state index is -3.81. The summed E-state index contributed by atoms with van der Waals surface area (Å²) in [5.41, 5.74) is 0.633. The van der Waals surface area contributed by atoms with Gasteiger partial charge in [0.05, 0.1) is 30.4 Å². The van der Waals surface area contributed by atoms with Crippen molar-refractivity contribution in [2.24, 2.45) is 0 Å². The molecule has 1 amide bonds. The molecule has 1 N–H and O–H groups in total. The van der Waals surface area contributed by atoms with E-state index in [9.17, 15) is 13.2 Å². The Labute approximate surface area is 173 Å². The van der Waals surface area contributed by atoms with E-state index in [1.54, 1.807) is 18.2 Å². The first-order chi connectivity index (χ1) is 13.8. The Morgan fingerprint density at radius 2 is 1.72 bits per heavy atom. The Kier molecular flexibility index (Phi) is 6.05. The van der Waals surface area contributed by atoms with Gasteiger partial charge in [0, 0.05) is 17.3 Å². The lowest BCUT2D eigenvalue weighted by atomic mass is 10.2. The second-order valence-corrected chi connectivity index (χ2v) is 8.20. The van der Waals surface area contributed by atoms with E-state index in [0.717, 1.165) is 0 Å². The molecule has 0 atom stereocenters. The molecular formula is C20H17ClN2O5S. The predicted molar refractivity (Wildman–Crippen MR) is 109 cm³/mol. The van der Waals surface area contributed by atoms with E-state index in [-0.39, 0.29) is 15.5 Å². The van der Waals surface area contributed by atoms with Gasteiger partial charge in [0.1, 0.15) is 11.5 Å². The third-order valence-corrected chi connectivity index (χ3v) is 5.99. The monoisotopic (exact) mass is 432 g/mol. The van der Waals surface area contributed by atoms with Crippen molar-refractivity contribution in [3.8, 4) is 11.5 Å². The number of carbonyl (C=O) groups is 1. The van der Waals surface area contributed by atoms with Crippen LogP contribution in [-0.2, 0) is 9.84 Å². The molecule has 0 unspecified atom stereocenters. The Bertz CT molecular complexity index is 1130. The molecule has 0 bridgehead atoms. The molecule has 1 aromatic heterocycles. The van der Waals surface area contributed by atoms with Crippen LogP contribution in [0.5, 0.6) is 11.5 Å². The van der Waals surface area contributed by atoms with Crippen LogP contribution >= 0.6 is 11.6 Å². The third-order valence-electron chi connectivity index (χ3n) is 4.05. The van der Waals surface area contributed by atoms with E-state index >= 15 is 0 Å². The average molecular weight is 433 g/mol. The van der Waals surface area contributed by atoms with Gasteiger partial charge < -0.3 is 14.8 Å². The van der Waals surface area contributed by atoms with E-state index in [1.165, 1.54) is 56.8 Å². The fourth-order valence-corrected chi connectivity index (χ4v) is 3.80. The molecule has 0 saturated heterocycles. The van der Waals surface area contributed by atoms with Crippen molar-refractivity contribution in [1.82, 2.24) is 4.98 Å². The number of anilines is 1. The van der Waals surface area contributed by atoms with Gasteiger partial charge in [-0.05, 0) is 48.5 Å². The number of benzene rings is 2. The molecule has 0 fully saturated rings. The molecule has 29 heavy (non-hydrogen) atoms. The lowest BCUT2D eigenvalue weighted by Gasteiger charge is -2.11. The maximum atomic E-state index is 12.6.